The molecule has 8 nitrogen and oxygen atoms in total. The maximum absolute atomic E-state index is 12.2. The monoisotopic (exact) mass is 520 g/mol. The Morgan fingerprint density at radius 3 is 2.27 bits per heavy atom. The summed E-state index contributed by atoms with van der Waals surface area (Å²) in [5.41, 5.74) is 5.65. The van der Waals surface area contributed by atoms with Crippen LogP contribution in [0.2, 0.25) is 5.02 Å². The van der Waals surface area contributed by atoms with Crippen molar-refractivity contribution in [3.63, 3.8) is 0 Å². The van der Waals surface area contributed by atoms with Gasteiger partial charge in [0, 0.05) is 23.7 Å². The van der Waals surface area contributed by atoms with Gasteiger partial charge in [0.1, 0.15) is 5.75 Å². The fourth-order valence-corrected chi connectivity index (χ4v) is 3.42. The molecule has 0 aromatic heterocycles. The van der Waals surface area contributed by atoms with E-state index in [1.165, 1.54) is 11.8 Å². The number of carbonyl (C=O) groups excluding carboxylic acids is 3. The lowest BCUT2D eigenvalue weighted by atomic mass is 10.0. The molecule has 0 bridgehead atoms. The average molecular weight is 521 g/mol. The van der Waals surface area contributed by atoms with Gasteiger partial charge < -0.3 is 15.4 Å². The van der Waals surface area contributed by atoms with Crippen molar-refractivity contribution >= 4 is 35.5 Å². The lowest BCUT2D eigenvalue weighted by Crippen LogP contribution is -2.37. The predicted octanol–water partition coefficient (Wildman–Crippen LogP) is 3.93. The highest BCUT2D eigenvalue weighted by atomic mass is 35.5. The first kappa shape index (κ1) is 27.4. The zero-order valence-corrected chi connectivity index (χ0v) is 21.4. The highest BCUT2D eigenvalue weighted by molar-refractivity contribution is 6.35. The number of carbonyl (C=O) groups is 3. The Bertz CT molecular complexity index is 1240. The minimum absolute atomic E-state index is 0.215. The number of ether oxygens (including phenoxy) is 1. The van der Waals surface area contributed by atoms with Crippen LogP contribution < -0.4 is 20.8 Å². The van der Waals surface area contributed by atoms with E-state index in [-0.39, 0.29) is 19.1 Å². The number of benzene rings is 3. The summed E-state index contributed by atoms with van der Waals surface area (Å²) < 4.78 is 5.60. The Labute approximate surface area is 221 Å². The van der Waals surface area contributed by atoms with Gasteiger partial charge in [-0.3, -0.25) is 14.4 Å². The van der Waals surface area contributed by atoms with Crippen molar-refractivity contribution < 1.29 is 19.1 Å². The molecule has 0 atom stereocenters. The number of rotatable bonds is 10. The molecule has 9 heteroatoms. The van der Waals surface area contributed by atoms with Crippen LogP contribution in [0.4, 0.5) is 0 Å². The van der Waals surface area contributed by atoms with E-state index < -0.39 is 11.8 Å². The Hall–Kier alpha value is -4.17. The first-order chi connectivity index (χ1) is 17.8. The van der Waals surface area contributed by atoms with Crippen molar-refractivity contribution in [3.8, 4) is 5.75 Å². The molecule has 0 aliphatic rings. The number of nitrogens with one attached hydrogen (secondary N) is 3. The molecule has 3 aromatic carbocycles. The molecule has 0 aliphatic carbocycles. The molecule has 0 unspecified atom stereocenters. The minimum Gasteiger partial charge on any atom is -0.483 e. The Kier molecular flexibility index (Phi) is 10.2. The summed E-state index contributed by atoms with van der Waals surface area (Å²) >= 11 is 6.07. The number of nitrogens with zero attached hydrogens (tertiary/aromatic N) is 1. The van der Waals surface area contributed by atoms with Gasteiger partial charge in [0.15, 0.2) is 6.61 Å². The Morgan fingerprint density at radius 1 is 0.892 bits per heavy atom. The largest absolute Gasteiger partial charge is 0.483 e. The van der Waals surface area contributed by atoms with E-state index >= 15 is 0 Å². The predicted molar refractivity (Wildman–Crippen MR) is 143 cm³/mol. The van der Waals surface area contributed by atoms with Gasteiger partial charge >= 0.3 is 11.8 Å². The standard InChI is InChI=1S/C28H29ClN4O4/c1-19(2)22-10-8-21(9-11-22)16-31-27(35)28(36)33-32-17-23-14-24(29)12-13-25(23)37-18-26(34)30-15-20-6-4-3-5-7-20/h3-14,17,19H,15-16,18H2,1-2H3,(H,30,34)(H,31,35)(H,33,36)/b32-17-. The summed E-state index contributed by atoms with van der Waals surface area (Å²) in [6.07, 6.45) is 1.29. The van der Waals surface area contributed by atoms with Crippen molar-refractivity contribution in [2.24, 2.45) is 5.10 Å². The molecule has 3 rings (SSSR count). The van der Waals surface area contributed by atoms with Gasteiger partial charge in [0.25, 0.3) is 5.91 Å². The van der Waals surface area contributed by atoms with Gasteiger partial charge in [-0.1, -0.05) is 80.0 Å². The van der Waals surface area contributed by atoms with Crippen LogP contribution in [0.3, 0.4) is 0 Å². The number of hydrogen-bond donors (Lipinski definition) is 3. The summed E-state index contributed by atoms with van der Waals surface area (Å²) in [4.78, 5) is 36.4. The molecule has 0 radical (unpaired) electrons. The van der Waals surface area contributed by atoms with Crippen LogP contribution in [0.5, 0.6) is 5.75 Å². The topological polar surface area (TPSA) is 109 Å². The Balaban J connectivity index is 1.48. The van der Waals surface area contributed by atoms with Gasteiger partial charge in [-0.05, 0) is 40.8 Å². The van der Waals surface area contributed by atoms with E-state index in [1.54, 1.807) is 18.2 Å². The van der Waals surface area contributed by atoms with Crippen molar-refractivity contribution in [3.05, 3.63) is 100 Å². The van der Waals surface area contributed by atoms with E-state index in [4.69, 9.17) is 16.3 Å². The molecule has 0 fully saturated rings. The lowest BCUT2D eigenvalue weighted by molar-refractivity contribution is -0.139. The number of hydrogen-bond acceptors (Lipinski definition) is 5. The van der Waals surface area contributed by atoms with Crippen molar-refractivity contribution in [1.82, 2.24) is 16.1 Å². The highest BCUT2D eigenvalue weighted by Gasteiger charge is 2.13. The Morgan fingerprint density at radius 2 is 1.57 bits per heavy atom. The molecule has 3 N–H and O–H groups in total. The molecule has 0 saturated carbocycles. The van der Waals surface area contributed by atoms with Crippen LogP contribution in [-0.4, -0.2) is 30.5 Å². The molecule has 37 heavy (non-hydrogen) atoms. The summed E-state index contributed by atoms with van der Waals surface area (Å²) in [7, 11) is 0. The van der Waals surface area contributed by atoms with Gasteiger partial charge in [0.2, 0.25) is 0 Å². The van der Waals surface area contributed by atoms with Gasteiger partial charge in [-0.25, -0.2) is 5.43 Å². The second-order valence-electron chi connectivity index (χ2n) is 8.51. The van der Waals surface area contributed by atoms with Gasteiger partial charge in [-0.15, -0.1) is 0 Å². The van der Waals surface area contributed by atoms with Crippen molar-refractivity contribution in [2.45, 2.75) is 32.9 Å². The van der Waals surface area contributed by atoms with Crippen LogP contribution >= 0.6 is 11.6 Å². The zero-order chi connectivity index (χ0) is 26.6. The molecule has 0 saturated heterocycles. The molecule has 3 amide bonds. The number of hydrazone groups is 1. The average Bonchev–Trinajstić information content (AvgIpc) is 2.90. The number of halogens is 1. The van der Waals surface area contributed by atoms with E-state index in [0.717, 1.165) is 11.1 Å². The second kappa shape index (κ2) is 13.8. The van der Waals surface area contributed by atoms with Crippen LogP contribution in [0.1, 0.15) is 42.0 Å². The molecular formula is C28H29ClN4O4. The van der Waals surface area contributed by atoms with Crippen LogP contribution in [0.15, 0.2) is 77.9 Å². The van der Waals surface area contributed by atoms with Crippen molar-refractivity contribution in [1.29, 1.82) is 0 Å². The first-order valence-electron chi connectivity index (χ1n) is 11.7. The maximum atomic E-state index is 12.2. The second-order valence-corrected chi connectivity index (χ2v) is 8.95. The summed E-state index contributed by atoms with van der Waals surface area (Å²) in [6.45, 7) is 4.58. The molecule has 0 aliphatic heterocycles. The quantitative estimate of drug-likeness (QED) is 0.214. The molecule has 0 heterocycles. The third kappa shape index (κ3) is 9.09. The molecule has 0 spiro atoms. The SMILES string of the molecule is CC(C)c1ccc(CNC(=O)C(=O)N/N=C\c2cc(Cl)ccc2OCC(=O)NCc2ccccc2)cc1. The van der Waals surface area contributed by atoms with Gasteiger partial charge in [-0.2, -0.15) is 5.10 Å². The van der Waals surface area contributed by atoms with E-state index in [9.17, 15) is 14.4 Å². The lowest BCUT2D eigenvalue weighted by Gasteiger charge is -2.10. The number of amides is 3. The molecule has 3 aromatic rings. The fraction of sp³-hybridized carbons (Fsp3) is 0.214. The first-order valence-corrected chi connectivity index (χ1v) is 12.1. The van der Waals surface area contributed by atoms with E-state index in [1.807, 2.05) is 54.6 Å². The molecular weight excluding hydrogens is 492 g/mol. The van der Waals surface area contributed by atoms with E-state index in [2.05, 4.69) is 35.0 Å². The summed E-state index contributed by atoms with van der Waals surface area (Å²) in [5.74, 6) is -1.28. The summed E-state index contributed by atoms with van der Waals surface area (Å²) in [5, 5.41) is 9.58. The van der Waals surface area contributed by atoms with Gasteiger partial charge in [0.05, 0.1) is 6.21 Å². The maximum Gasteiger partial charge on any atom is 0.329 e. The third-order valence-corrected chi connectivity index (χ3v) is 5.57. The minimum atomic E-state index is -0.917. The highest BCUT2D eigenvalue weighted by Crippen LogP contribution is 2.21. The van der Waals surface area contributed by atoms with Crippen LogP contribution in [0, 0.1) is 0 Å². The van der Waals surface area contributed by atoms with Crippen LogP contribution in [-0.2, 0) is 27.5 Å². The summed E-state index contributed by atoms with van der Waals surface area (Å²) in [6, 6.07) is 22.1. The zero-order valence-electron chi connectivity index (χ0n) is 20.7. The van der Waals surface area contributed by atoms with E-state index in [0.29, 0.717) is 28.8 Å². The normalized spacial score (nSPS) is 10.8. The third-order valence-electron chi connectivity index (χ3n) is 5.34. The van der Waals surface area contributed by atoms with Crippen LogP contribution in [0.25, 0.3) is 0 Å². The fourth-order valence-electron chi connectivity index (χ4n) is 3.24. The molecule has 192 valence electrons. The van der Waals surface area contributed by atoms with Crippen molar-refractivity contribution in [2.75, 3.05) is 6.61 Å². The smallest absolute Gasteiger partial charge is 0.329 e.